The second-order valence-electron chi connectivity index (χ2n) is 13.3. The highest BCUT2D eigenvalue weighted by Gasteiger charge is 2.46. The van der Waals surface area contributed by atoms with Crippen LogP contribution in [0.15, 0.2) is 73.8 Å². The Balaban J connectivity index is 2.46. The average molecular weight is 892 g/mol. The zero-order valence-electron chi connectivity index (χ0n) is 30.9. The van der Waals surface area contributed by atoms with Gasteiger partial charge in [0.1, 0.15) is 23.8 Å². The van der Waals surface area contributed by atoms with E-state index in [4.69, 9.17) is 14.0 Å². The zero-order valence-corrected chi connectivity index (χ0v) is 30.9. The first kappa shape index (κ1) is 49.7. The molecule has 0 amide bonds. The number of benzene rings is 3. The predicted molar refractivity (Wildman–Crippen MR) is 180 cm³/mol. The Morgan fingerprint density at radius 1 is 0.500 bits per heavy atom. The van der Waals surface area contributed by atoms with E-state index in [0.29, 0.717) is 25.7 Å². The van der Waals surface area contributed by atoms with E-state index in [-0.39, 0.29) is 56.0 Å². The van der Waals surface area contributed by atoms with Gasteiger partial charge in [0.05, 0.1) is 58.6 Å². The Morgan fingerprint density at radius 3 is 1.22 bits per heavy atom. The Hall–Kier alpha value is -4.70. The van der Waals surface area contributed by atoms with E-state index in [1.807, 2.05) is 6.92 Å². The van der Waals surface area contributed by atoms with Crippen LogP contribution < -0.4 is 14.0 Å². The van der Waals surface area contributed by atoms with Gasteiger partial charge in [-0.2, -0.15) is 79.0 Å². The van der Waals surface area contributed by atoms with Gasteiger partial charge in [0.15, 0.2) is 0 Å². The van der Waals surface area contributed by atoms with Gasteiger partial charge in [0.25, 0.3) is 0 Å². The summed E-state index contributed by atoms with van der Waals surface area (Å²) in [7, 11) is -3.30. The summed E-state index contributed by atoms with van der Waals surface area (Å²) >= 11 is 0. The van der Waals surface area contributed by atoms with Crippen molar-refractivity contribution in [3.63, 3.8) is 0 Å². The maximum atomic E-state index is 14.8. The predicted octanol–water partition coefficient (Wildman–Crippen LogP) is 13.6. The Labute approximate surface area is 330 Å². The second kappa shape index (κ2) is 18.5. The van der Waals surface area contributed by atoms with Gasteiger partial charge >= 0.3 is 44.4 Å². The maximum Gasteiger partial charge on any atom is 0.864 e. The van der Waals surface area contributed by atoms with E-state index in [0.717, 1.165) is 0 Å². The molecular formula is C37H33BF18NO3+. The minimum atomic E-state index is -5.67. The lowest BCUT2D eigenvalue weighted by Gasteiger charge is -2.38. The third kappa shape index (κ3) is 13.7. The van der Waals surface area contributed by atoms with E-state index in [1.54, 1.807) is 0 Å². The standard InChI is InChI=1S/C37H33BF18NO3/c1-4-7-8-9-12-57(10-5-2,11-6-3)21-29-30(37(54,55)56)19-26(36(51,52)53)20-31(29)60-38(58-27-15-22(32(39,40)41)13-23(16-27)33(42,43)44)59-28-17-24(34(45,46)47)14-25(18-28)35(48,49)50/h5-6,13-20H,2-4,7-12,21H2,1H3/q+1. The second-order valence-corrected chi connectivity index (χ2v) is 13.3. The van der Waals surface area contributed by atoms with Crippen molar-refractivity contribution in [2.75, 3.05) is 19.6 Å². The van der Waals surface area contributed by atoms with Gasteiger partial charge < -0.3 is 18.4 Å². The normalized spacial score (nSPS) is 13.2. The van der Waals surface area contributed by atoms with Crippen molar-refractivity contribution in [1.82, 2.24) is 0 Å². The molecule has 0 aromatic heterocycles. The van der Waals surface area contributed by atoms with Gasteiger partial charge in [-0.1, -0.05) is 32.9 Å². The molecule has 23 heteroatoms. The van der Waals surface area contributed by atoms with Crippen molar-refractivity contribution in [2.45, 2.75) is 76.2 Å². The molecule has 0 aliphatic carbocycles. The smallest absolute Gasteiger partial charge is 0.490 e. The lowest BCUT2D eigenvalue weighted by atomic mass is 9.98. The lowest BCUT2D eigenvalue weighted by Crippen LogP contribution is -2.49. The molecule has 0 aliphatic rings. The average Bonchev–Trinajstić information content (AvgIpc) is 3.08. The monoisotopic (exact) mass is 892 g/mol. The number of rotatable bonds is 17. The molecule has 0 saturated carbocycles. The molecule has 0 atom stereocenters. The summed E-state index contributed by atoms with van der Waals surface area (Å²) in [5, 5.41) is 0. The summed E-state index contributed by atoms with van der Waals surface area (Å²) in [6, 6.07) is -1.97. The minimum absolute atomic E-state index is 0.0150. The van der Waals surface area contributed by atoms with Crippen LogP contribution in [0, 0.1) is 0 Å². The van der Waals surface area contributed by atoms with E-state index >= 15 is 0 Å². The number of nitrogens with zero attached hydrogens (tertiary/aromatic N) is 1. The largest absolute Gasteiger partial charge is 0.864 e. The summed E-state index contributed by atoms with van der Waals surface area (Å²) in [6.45, 7) is 7.74. The lowest BCUT2D eigenvalue weighted by molar-refractivity contribution is -0.930. The number of alkyl halides is 18. The summed E-state index contributed by atoms with van der Waals surface area (Å²) < 4.78 is 266. The highest BCUT2D eigenvalue weighted by atomic mass is 19.4. The quantitative estimate of drug-likeness (QED) is 0.0444. The highest BCUT2D eigenvalue weighted by Crippen LogP contribution is 2.45. The zero-order chi connectivity index (χ0) is 45.7. The van der Waals surface area contributed by atoms with Gasteiger partial charge in [-0.05, 0) is 73.5 Å². The molecule has 3 aromatic rings. The third-order valence-corrected chi connectivity index (χ3v) is 8.66. The molecule has 0 spiro atoms. The molecule has 332 valence electrons. The van der Waals surface area contributed by atoms with Crippen LogP contribution in [0.2, 0.25) is 0 Å². The van der Waals surface area contributed by atoms with Crippen molar-refractivity contribution in [2.24, 2.45) is 0 Å². The van der Waals surface area contributed by atoms with Crippen LogP contribution in [0.4, 0.5) is 79.0 Å². The van der Waals surface area contributed by atoms with E-state index in [1.165, 1.54) is 12.2 Å². The van der Waals surface area contributed by atoms with Crippen LogP contribution in [0.3, 0.4) is 0 Å². The van der Waals surface area contributed by atoms with Crippen LogP contribution in [0.25, 0.3) is 0 Å². The van der Waals surface area contributed by atoms with E-state index < -0.39 is 124 Å². The van der Waals surface area contributed by atoms with Gasteiger partial charge in [0.2, 0.25) is 0 Å². The number of hydrogen-bond donors (Lipinski definition) is 0. The van der Waals surface area contributed by atoms with Gasteiger partial charge in [-0.15, -0.1) is 0 Å². The molecule has 0 heterocycles. The summed E-state index contributed by atoms with van der Waals surface area (Å²) in [6.07, 6.45) is -29.0. The fraction of sp³-hybridized carbons (Fsp3) is 0.405. The first-order chi connectivity index (χ1) is 27.3. The fourth-order valence-electron chi connectivity index (χ4n) is 5.94. The molecule has 60 heavy (non-hydrogen) atoms. The Bertz CT molecular complexity index is 1790. The van der Waals surface area contributed by atoms with Crippen molar-refractivity contribution in [3.05, 3.63) is 113 Å². The first-order valence-electron chi connectivity index (χ1n) is 17.3. The summed E-state index contributed by atoms with van der Waals surface area (Å²) in [5.74, 6) is -4.74. The van der Waals surface area contributed by atoms with Crippen LogP contribution >= 0.6 is 0 Å². The molecule has 4 nitrogen and oxygen atoms in total. The van der Waals surface area contributed by atoms with Crippen molar-refractivity contribution < 1.29 is 97.5 Å². The fourth-order valence-corrected chi connectivity index (χ4v) is 5.94. The summed E-state index contributed by atoms with van der Waals surface area (Å²) in [4.78, 5) is 0. The molecule has 0 unspecified atom stereocenters. The van der Waals surface area contributed by atoms with E-state index in [9.17, 15) is 79.0 Å². The molecule has 3 aromatic carbocycles. The molecule has 3 rings (SSSR count). The van der Waals surface area contributed by atoms with E-state index in [2.05, 4.69) is 13.2 Å². The topological polar surface area (TPSA) is 27.7 Å². The first-order valence-corrected chi connectivity index (χ1v) is 17.3. The van der Waals surface area contributed by atoms with Crippen molar-refractivity contribution in [1.29, 1.82) is 0 Å². The van der Waals surface area contributed by atoms with Crippen molar-refractivity contribution in [3.8, 4) is 17.2 Å². The highest BCUT2D eigenvalue weighted by molar-refractivity contribution is 6.39. The minimum Gasteiger partial charge on any atom is -0.490 e. The van der Waals surface area contributed by atoms with Crippen molar-refractivity contribution >= 4 is 7.32 Å². The molecule has 0 bridgehead atoms. The molecule has 0 fully saturated rings. The van der Waals surface area contributed by atoms with Crippen LogP contribution in [0.1, 0.15) is 71.6 Å². The molecular weight excluding hydrogens is 859 g/mol. The third-order valence-electron chi connectivity index (χ3n) is 8.66. The van der Waals surface area contributed by atoms with Crippen LogP contribution in [-0.2, 0) is 43.6 Å². The van der Waals surface area contributed by atoms with Crippen LogP contribution in [0.5, 0.6) is 17.2 Å². The Kier molecular flexibility index (Phi) is 15.3. The number of hydrogen-bond acceptors (Lipinski definition) is 3. The summed E-state index contributed by atoms with van der Waals surface area (Å²) in [5.41, 5.74) is -13.7. The SMILES string of the molecule is C=CC[N+](CC=C)(CCCCCC)Cc1c(OB(Oc2cc(C(F)(F)F)cc(C(F)(F)F)c2)Oc2cc(C(F)(F)F)cc(C(F)(F)F)c2)cc(C(F)(F)F)cc1C(F)(F)F. The molecule has 0 saturated heterocycles. The molecule has 0 aliphatic heterocycles. The number of quaternary nitrogens is 1. The maximum absolute atomic E-state index is 14.8. The van der Waals surface area contributed by atoms with Gasteiger partial charge in [-0.3, -0.25) is 0 Å². The number of halogens is 18. The van der Waals surface area contributed by atoms with Gasteiger partial charge in [0, 0.05) is 0 Å². The van der Waals surface area contributed by atoms with Crippen LogP contribution in [-0.4, -0.2) is 31.4 Å². The Morgan fingerprint density at radius 2 is 0.883 bits per heavy atom. The molecule has 0 radical (unpaired) electrons. The number of unbranched alkanes of at least 4 members (excludes halogenated alkanes) is 3. The molecule has 0 N–H and O–H groups in total. The van der Waals surface area contributed by atoms with Gasteiger partial charge in [-0.25, -0.2) is 0 Å².